The van der Waals surface area contributed by atoms with E-state index in [9.17, 15) is 28.8 Å². The molecule has 0 saturated carbocycles. The quantitative estimate of drug-likeness (QED) is 0.0454. The molecule has 0 aromatic heterocycles. The maximum atomic E-state index is 14.1. The Bertz CT molecular complexity index is 1750. The number of benzene rings is 2. The number of alkyl carbamates (subject to hydrolysis) is 2. The molecule has 1 aliphatic rings. The molecule has 16 nitrogen and oxygen atoms in total. The van der Waals surface area contributed by atoms with Crippen LogP contribution in [0.4, 0.5) is 9.59 Å². The van der Waals surface area contributed by atoms with Crippen molar-refractivity contribution in [2.75, 3.05) is 27.1 Å². The van der Waals surface area contributed by atoms with Gasteiger partial charge in [-0.05, 0) is 82.2 Å². The van der Waals surface area contributed by atoms with Crippen molar-refractivity contribution in [3.05, 3.63) is 65.7 Å². The summed E-state index contributed by atoms with van der Waals surface area (Å²) in [6.45, 7) is 17.0. The summed E-state index contributed by atoms with van der Waals surface area (Å²) in [6, 6.07) is 12.1. The Morgan fingerprint density at radius 1 is 0.820 bits per heavy atom. The number of likely N-dealkylation sites (tertiary alicyclic amines) is 1. The third-order valence-corrected chi connectivity index (χ3v) is 11.2. The van der Waals surface area contributed by atoms with E-state index >= 15 is 0 Å². The van der Waals surface area contributed by atoms with Crippen molar-refractivity contribution in [1.29, 1.82) is 0 Å². The highest BCUT2D eigenvalue weighted by atomic mass is 28.3. The van der Waals surface area contributed by atoms with Crippen LogP contribution in [0, 0.1) is 5.92 Å². The zero-order chi connectivity index (χ0) is 45.3. The first-order valence-electron chi connectivity index (χ1n) is 20.8. The summed E-state index contributed by atoms with van der Waals surface area (Å²) in [4.78, 5) is 82.8. The van der Waals surface area contributed by atoms with Crippen LogP contribution in [0.15, 0.2) is 54.6 Å². The fourth-order valence-electron chi connectivity index (χ4n) is 6.32. The lowest BCUT2D eigenvalue weighted by Crippen LogP contribution is -2.56. The van der Waals surface area contributed by atoms with Crippen molar-refractivity contribution in [1.82, 2.24) is 20.9 Å². The second-order valence-electron chi connectivity index (χ2n) is 17.8. The fourth-order valence-corrected chi connectivity index (χ4v) is 7.08. The first kappa shape index (κ1) is 50.2. The number of amides is 4. The minimum absolute atomic E-state index is 0.0114. The lowest BCUT2D eigenvalue weighted by atomic mass is 10.0. The van der Waals surface area contributed by atoms with E-state index < -0.39 is 79.9 Å². The van der Waals surface area contributed by atoms with E-state index in [-0.39, 0.29) is 32.3 Å². The predicted octanol–water partition coefficient (Wildman–Crippen LogP) is 5.74. The number of esters is 2. The SMILES string of the molecule is COc1ccc(C[C@H](NC(=O)[C@@H]2CCCN2C(=O)[C@H](CC(C)C)NC(=O)OCc2ccccc2)C(=O)O[C@H](C)[C@H](NC(=O)OC(C)(C)C)C(=O)OCOCC[Si](C)(C)C)cc1. The number of hydrogen-bond donors (Lipinski definition) is 3. The van der Waals surface area contributed by atoms with Crippen molar-refractivity contribution in [3.8, 4) is 5.75 Å². The zero-order valence-electron chi connectivity index (χ0n) is 37.4. The highest BCUT2D eigenvalue weighted by Crippen LogP contribution is 2.22. The van der Waals surface area contributed by atoms with Gasteiger partial charge in [-0.25, -0.2) is 19.2 Å². The molecule has 1 aliphatic heterocycles. The highest BCUT2D eigenvalue weighted by molar-refractivity contribution is 6.76. The molecule has 17 heteroatoms. The predicted molar refractivity (Wildman–Crippen MR) is 230 cm³/mol. The second-order valence-corrected chi connectivity index (χ2v) is 23.4. The molecule has 1 heterocycles. The summed E-state index contributed by atoms with van der Waals surface area (Å²) in [5, 5.41) is 7.94. The molecule has 338 valence electrons. The third kappa shape index (κ3) is 18.2. The van der Waals surface area contributed by atoms with E-state index in [0.29, 0.717) is 37.2 Å². The van der Waals surface area contributed by atoms with Crippen LogP contribution >= 0.6 is 0 Å². The van der Waals surface area contributed by atoms with E-state index in [2.05, 4.69) is 35.6 Å². The monoisotopic (exact) mass is 870 g/mol. The lowest BCUT2D eigenvalue weighted by molar-refractivity contribution is -0.166. The number of ether oxygens (including phenoxy) is 6. The molecule has 4 amide bonds. The minimum atomic E-state index is -1.51. The van der Waals surface area contributed by atoms with Crippen LogP contribution in [-0.2, 0) is 55.9 Å². The summed E-state index contributed by atoms with van der Waals surface area (Å²) in [5.41, 5.74) is 0.520. The second kappa shape index (κ2) is 23.7. The number of carbonyl (C=O) groups is 6. The van der Waals surface area contributed by atoms with Gasteiger partial charge in [-0.2, -0.15) is 0 Å². The first-order valence-corrected chi connectivity index (χ1v) is 24.5. The van der Waals surface area contributed by atoms with Crippen LogP contribution in [0.1, 0.15) is 71.9 Å². The van der Waals surface area contributed by atoms with Gasteiger partial charge in [0.1, 0.15) is 42.2 Å². The number of nitrogens with zero attached hydrogens (tertiary/aromatic N) is 1. The number of hydrogen-bond acceptors (Lipinski definition) is 12. The maximum absolute atomic E-state index is 14.1. The number of carbonyl (C=O) groups excluding carboxylic acids is 6. The minimum Gasteiger partial charge on any atom is -0.497 e. The van der Waals surface area contributed by atoms with Gasteiger partial charge in [0, 0.05) is 27.6 Å². The Morgan fingerprint density at radius 3 is 2.10 bits per heavy atom. The smallest absolute Gasteiger partial charge is 0.408 e. The molecule has 61 heavy (non-hydrogen) atoms. The van der Waals surface area contributed by atoms with E-state index in [1.807, 2.05) is 44.2 Å². The van der Waals surface area contributed by atoms with E-state index in [1.54, 1.807) is 45.0 Å². The summed E-state index contributed by atoms with van der Waals surface area (Å²) < 4.78 is 32.7. The molecule has 0 spiro atoms. The standard InChI is InChI=1S/C44H66N4O12Si/c1-29(2)25-34(46-42(53)57-27-32-15-12-11-13-16-32)39(50)48-22-14-17-36(48)38(49)45-35(26-31-18-20-33(55-7)21-19-31)40(51)59-30(3)37(47-43(54)60-44(4,5)6)41(52)58-28-56-23-24-61(8,9)10/h11-13,15-16,18-21,29-30,34-37H,14,17,22-28H2,1-10H3,(H,45,49)(H,46,53)(H,47,54)/t30-,34+,35+,36+,37+/m1/s1. The third-order valence-electron chi connectivity index (χ3n) is 9.53. The van der Waals surface area contributed by atoms with Gasteiger partial charge in [0.25, 0.3) is 0 Å². The van der Waals surface area contributed by atoms with Gasteiger partial charge in [0.2, 0.25) is 11.8 Å². The van der Waals surface area contributed by atoms with E-state index in [1.165, 1.54) is 18.9 Å². The van der Waals surface area contributed by atoms with Crippen LogP contribution in [-0.4, -0.2) is 112 Å². The Labute approximate surface area is 361 Å². The van der Waals surface area contributed by atoms with Crippen LogP contribution in [0.5, 0.6) is 5.75 Å². The number of rotatable bonds is 21. The molecule has 2 aromatic carbocycles. The molecule has 3 N–H and O–H groups in total. The summed E-state index contributed by atoms with van der Waals surface area (Å²) in [5.74, 6) is -2.32. The highest BCUT2D eigenvalue weighted by Gasteiger charge is 2.40. The molecule has 1 saturated heterocycles. The Morgan fingerprint density at radius 2 is 1.49 bits per heavy atom. The van der Waals surface area contributed by atoms with Crippen LogP contribution in [0.2, 0.25) is 25.7 Å². The Hall–Kier alpha value is -5.16. The normalized spacial score (nSPS) is 16.0. The van der Waals surface area contributed by atoms with Crippen molar-refractivity contribution < 1.29 is 57.2 Å². The van der Waals surface area contributed by atoms with Crippen molar-refractivity contribution in [2.24, 2.45) is 5.92 Å². The summed E-state index contributed by atoms with van der Waals surface area (Å²) >= 11 is 0. The molecular formula is C44H66N4O12Si. The van der Waals surface area contributed by atoms with Gasteiger partial charge in [-0.1, -0.05) is 76.0 Å². The maximum Gasteiger partial charge on any atom is 0.408 e. The number of nitrogens with one attached hydrogen (secondary N) is 3. The number of methoxy groups -OCH3 is 1. The average molecular weight is 871 g/mol. The first-order chi connectivity index (χ1) is 28.6. The van der Waals surface area contributed by atoms with Crippen molar-refractivity contribution in [2.45, 2.75) is 135 Å². The molecule has 2 aromatic rings. The molecule has 0 unspecified atom stereocenters. The molecular weight excluding hydrogens is 805 g/mol. The van der Waals surface area contributed by atoms with Crippen LogP contribution < -0.4 is 20.7 Å². The zero-order valence-corrected chi connectivity index (χ0v) is 38.4. The van der Waals surface area contributed by atoms with Crippen molar-refractivity contribution >= 4 is 44.0 Å². The lowest BCUT2D eigenvalue weighted by Gasteiger charge is -2.31. The van der Waals surface area contributed by atoms with Gasteiger partial charge in [-0.3, -0.25) is 9.59 Å². The topological polar surface area (TPSA) is 197 Å². The molecule has 0 radical (unpaired) electrons. The van der Waals surface area contributed by atoms with E-state index in [4.69, 9.17) is 28.4 Å². The van der Waals surface area contributed by atoms with Gasteiger partial charge < -0.3 is 49.3 Å². The molecule has 0 aliphatic carbocycles. The van der Waals surface area contributed by atoms with Crippen molar-refractivity contribution in [3.63, 3.8) is 0 Å². The largest absolute Gasteiger partial charge is 0.497 e. The average Bonchev–Trinajstić information content (AvgIpc) is 3.68. The summed E-state index contributed by atoms with van der Waals surface area (Å²) in [6.07, 6.45) is -1.95. The molecule has 3 rings (SSSR count). The van der Waals surface area contributed by atoms with Gasteiger partial charge in [0.05, 0.1) is 7.11 Å². The van der Waals surface area contributed by atoms with Crippen LogP contribution in [0.3, 0.4) is 0 Å². The van der Waals surface area contributed by atoms with Crippen LogP contribution in [0.25, 0.3) is 0 Å². The fraction of sp³-hybridized carbons (Fsp3) is 0.591. The molecule has 0 bridgehead atoms. The Kier molecular flexibility index (Phi) is 19.5. The Balaban J connectivity index is 1.81. The van der Waals surface area contributed by atoms with Gasteiger partial charge in [-0.15, -0.1) is 0 Å². The van der Waals surface area contributed by atoms with Gasteiger partial charge >= 0.3 is 24.1 Å². The summed E-state index contributed by atoms with van der Waals surface area (Å²) in [7, 11) is 0.107. The van der Waals surface area contributed by atoms with Gasteiger partial charge in [0.15, 0.2) is 12.8 Å². The molecule has 1 fully saturated rings. The van der Waals surface area contributed by atoms with E-state index in [0.717, 1.165) is 11.6 Å². The molecule has 5 atom stereocenters.